The third-order valence-electron chi connectivity index (χ3n) is 3.27. The second-order valence-electron chi connectivity index (χ2n) is 5.31. The first-order valence-corrected chi connectivity index (χ1v) is 7.03. The fourth-order valence-corrected chi connectivity index (χ4v) is 2.06. The van der Waals surface area contributed by atoms with Gasteiger partial charge in [-0.15, -0.1) is 0 Å². The van der Waals surface area contributed by atoms with Crippen LogP contribution in [0.5, 0.6) is 0 Å². The summed E-state index contributed by atoms with van der Waals surface area (Å²) in [5.41, 5.74) is 3.78. The molecule has 0 spiro atoms. The van der Waals surface area contributed by atoms with Crippen molar-refractivity contribution in [2.75, 3.05) is 27.2 Å². The van der Waals surface area contributed by atoms with Gasteiger partial charge in [0, 0.05) is 30.4 Å². The van der Waals surface area contributed by atoms with Crippen molar-refractivity contribution >= 4 is 5.91 Å². The van der Waals surface area contributed by atoms with Gasteiger partial charge in [0.15, 0.2) is 0 Å². The van der Waals surface area contributed by atoms with Gasteiger partial charge < -0.3 is 10.2 Å². The third kappa shape index (κ3) is 4.13. The van der Waals surface area contributed by atoms with Gasteiger partial charge in [-0.3, -0.25) is 9.78 Å². The molecule has 1 aromatic carbocycles. The minimum Gasteiger partial charge on any atom is -0.351 e. The van der Waals surface area contributed by atoms with Gasteiger partial charge in [-0.2, -0.15) is 0 Å². The largest absolute Gasteiger partial charge is 0.351 e. The monoisotopic (exact) mass is 283 g/mol. The third-order valence-corrected chi connectivity index (χ3v) is 3.27. The summed E-state index contributed by atoms with van der Waals surface area (Å²) in [6.07, 6.45) is 1.78. The van der Waals surface area contributed by atoms with Crippen LogP contribution in [0.3, 0.4) is 0 Å². The van der Waals surface area contributed by atoms with E-state index < -0.39 is 0 Å². The molecule has 0 aliphatic carbocycles. The molecule has 2 rings (SSSR count). The topological polar surface area (TPSA) is 45.2 Å². The molecule has 0 saturated heterocycles. The van der Waals surface area contributed by atoms with Gasteiger partial charge >= 0.3 is 0 Å². The highest BCUT2D eigenvalue weighted by atomic mass is 16.1. The predicted octanol–water partition coefficient (Wildman–Crippen LogP) is 2.35. The van der Waals surface area contributed by atoms with Crippen molar-refractivity contribution in [1.29, 1.82) is 0 Å². The molecule has 1 aromatic heterocycles. The Bertz CT molecular complexity index is 606. The normalized spacial score (nSPS) is 10.7. The molecule has 110 valence electrons. The average Bonchev–Trinajstić information content (AvgIpc) is 2.47. The van der Waals surface area contributed by atoms with Crippen molar-refractivity contribution in [1.82, 2.24) is 15.2 Å². The van der Waals surface area contributed by atoms with Crippen LogP contribution in [0, 0.1) is 6.92 Å². The molecule has 0 unspecified atom stereocenters. The average molecular weight is 283 g/mol. The number of hydrogen-bond donors (Lipinski definition) is 1. The summed E-state index contributed by atoms with van der Waals surface area (Å²) in [5.74, 6) is -0.0406. The van der Waals surface area contributed by atoms with E-state index in [1.807, 2.05) is 62.3 Å². The Labute approximate surface area is 125 Å². The fraction of sp³-hybridized carbons (Fsp3) is 0.294. The minimum atomic E-state index is -0.0406. The maximum atomic E-state index is 12.0. The van der Waals surface area contributed by atoms with Gasteiger partial charge in [0.2, 0.25) is 0 Å². The molecular weight excluding hydrogens is 262 g/mol. The predicted molar refractivity (Wildman–Crippen MR) is 85.3 cm³/mol. The van der Waals surface area contributed by atoms with Crippen molar-refractivity contribution < 1.29 is 4.79 Å². The van der Waals surface area contributed by atoms with Crippen molar-refractivity contribution in [3.8, 4) is 11.3 Å². The molecule has 0 aliphatic rings. The summed E-state index contributed by atoms with van der Waals surface area (Å²) < 4.78 is 0. The Morgan fingerprint density at radius 3 is 2.52 bits per heavy atom. The Kier molecular flexibility index (Phi) is 5.06. The molecule has 2 aromatic rings. The van der Waals surface area contributed by atoms with E-state index in [2.05, 4.69) is 10.3 Å². The lowest BCUT2D eigenvalue weighted by Crippen LogP contribution is -2.31. The molecule has 21 heavy (non-hydrogen) atoms. The summed E-state index contributed by atoms with van der Waals surface area (Å²) in [4.78, 5) is 18.4. The first-order valence-electron chi connectivity index (χ1n) is 7.03. The number of hydrogen-bond acceptors (Lipinski definition) is 3. The molecule has 0 fully saturated rings. The standard InChI is InChI=1S/C17H21N3O/c1-13-5-4-10-18-16(13)14-6-8-15(9-7-14)17(21)19-11-12-20(2)3/h4-10H,11-12H2,1-3H3,(H,19,21). The van der Waals surface area contributed by atoms with E-state index in [-0.39, 0.29) is 5.91 Å². The maximum Gasteiger partial charge on any atom is 0.251 e. The van der Waals surface area contributed by atoms with Crippen molar-refractivity contribution in [3.05, 3.63) is 53.7 Å². The molecule has 0 aliphatic heterocycles. The number of rotatable bonds is 5. The van der Waals surface area contributed by atoms with Crippen LogP contribution in [0.15, 0.2) is 42.6 Å². The highest BCUT2D eigenvalue weighted by molar-refractivity contribution is 5.94. The fourth-order valence-electron chi connectivity index (χ4n) is 2.06. The lowest BCUT2D eigenvalue weighted by molar-refractivity contribution is 0.0951. The highest BCUT2D eigenvalue weighted by Gasteiger charge is 2.07. The lowest BCUT2D eigenvalue weighted by atomic mass is 10.0. The summed E-state index contributed by atoms with van der Waals surface area (Å²) in [7, 11) is 3.96. The van der Waals surface area contributed by atoms with Crippen LogP contribution in [0.1, 0.15) is 15.9 Å². The van der Waals surface area contributed by atoms with Crippen LogP contribution in [0.4, 0.5) is 0 Å². The van der Waals surface area contributed by atoms with Crippen LogP contribution >= 0.6 is 0 Å². The SMILES string of the molecule is Cc1cccnc1-c1ccc(C(=O)NCCN(C)C)cc1. The van der Waals surface area contributed by atoms with Gasteiger partial charge in [-0.25, -0.2) is 0 Å². The second kappa shape index (κ2) is 6.99. The summed E-state index contributed by atoms with van der Waals surface area (Å²) in [6.45, 7) is 3.51. The Morgan fingerprint density at radius 1 is 1.19 bits per heavy atom. The maximum absolute atomic E-state index is 12.0. The van der Waals surface area contributed by atoms with E-state index in [0.29, 0.717) is 12.1 Å². The quantitative estimate of drug-likeness (QED) is 0.916. The smallest absolute Gasteiger partial charge is 0.251 e. The summed E-state index contributed by atoms with van der Waals surface area (Å²) in [6, 6.07) is 11.5. The van der Waals surface area contributed by atoms with E-state index in [0.717, 1.165) is 23.4 Å². The molecule has 4 nitrogen and oxygen atoms in total. The number of aromatic nitrogens is 1. The number of amides is 1. The van der Waals surface area contributed by atoms with Gasteiger partial charge in [-0.05, 0) is 44.8 Å². The van der Waals surface area contributed by atoms with Gasteiger partial charge in [0.05, 0.1) is 5.69 Å². The van der Waals surface area contributed by atoms with Crippen LogP contribution in [0.2, 0.25) is 0 Å². The Balaban J connectivity index is 2.05. The van der Waals surface area contributed by atoms with Crippen molar-refractivity contribution in [2.24, 2.45) is 0 Å². The lowest BCUT2D eigenvalue weighted by Gasteiger charge is -2.10. The summed E-state index contributed by atoms with van der Waals surface area (Å²) in [5, 5.41) is 2.90. The number of pyridine rings is 1. The number of carbonyl (C=O) groups is 1. The molecule has 0 bridgehead atoms. The van der Waals surface area contributed by atoms with Gasteiger partial charge in [-0.1, -0.05) is 18.2 Å². The molecule has 0 atom stereocenters. The van der Waals surface area contributed by atoms with Gasteiger partial charge in [0.25, 0.3) is 5.91 Å². The first kappa shape index (κ1) is 15.2. The van der Waals surface area contributed by atoms with Crippen LogP contribution in [-0.2, 0) is 0 Å². The molecule has 0 saturated carbocycles. The van der Waals surface area contributed by atoms with Crippen LogP contribution in [0.25, 0.3) is 11.3 Å². The Hall–Kier alpha value is -2.20. The number of benzene rings is 1. The molecular formula is C17H21N3O. The first-order chi connectivity index (χ1) is 10.1. The van der Waals surface area contributed by atoms with E-state index in [1.54, 1.807) is 6.20 Å². The van der Waals surface area contributed by atoms with E-state index in [9.17, 15) is 4.79 Å². The number of carbonyl (C=O) groups excluding carboxylic acids is 1. The highest BCUT2D eigenvalue weighted by Crippen LogP contribution is 2.20. The molecule has 1 amide bonds. The second-order valence-corrected chi connectivity index (χ2v) is 5.31. The van der Waals surface area contributed by atoms with E-state index in [4.69, 9.17) is 0 Å². The zero-order valence-corrected chi connectivity index (χ0v) is 12.8. The van der Waals surface area contributed by atoms with Crippen LogP contribution < -0.4 is 5.32 Å². The zero-order chi connectivity index (χ0) is 15.2. The molecule has 4 heteroatoms. The number of nitrogens with zero attached hydrogens (tertiary/aromatic N) is 2. The van der Waals surface area contributed by atoms with Gasteiger partial charge in [0.1, 0.15) is 0 Å². The zero-order valence-electron chi connectivity index (χ0n) is 12.8. The summed E-state index contributed by atoms with van der Waals surface area (Å²) >= 11 is 0. The molecule has 1 heterocycles. The molecule has 1 N–H and O–H groups in total. The number of nitrogens with one attached hydrogen (secondary N) is 1. The van der Waals surface area contributed by atoms with E-state index >= 15 is 0 Å². The molecule has 0 radical (unpaired) electrons. The minimum absolute atomic E-state index is 0.0406. The van der Waals surface area contributed by atoms with Crippen molar-refractivity contribution in [3.63, 3.8) is 0 Å². The van der Waals surface area contributed by atoms with Crippen molar-refractivity contribution in [2.45, 2.75) is 6.92 Å². The van der Waals surface area contributed by atoms with Crippen LogP contribution in [-0.4, -0.2) is 43.0 Å². The number of likely N-dealkylation sites (N-methyl/N-ethyl adjacent to an activating group) is 1. The van der Waals surface area contributed by atoms with E-state index in [1.165, 1.54) is 0 Å². The Morgan fingerprint density at radius 2 is 1.90 bits per heavy atom. The number of aryl methyl sites for hydroxylation is 1.